The average molecular weight is 444 g/mol. The van der Waals surface area contributed by atoms with Crippen LogP contribution in [0, 0.1) is 0 Å². The highest BCUT2D eigenvalue weighted by atomic mass is 16.5. The molecule has 168 valence electrons. The first-order valence-corrected chi connectivity index (χ1v) is 10.3. The van der Waals surface area contributed by atoms with Gasteiger partial charge in [0, 0.05) is 42.0 Å². The lowest BCUT2D eigenvalue weighted by atomic mass is 10.0. The maximum absolute atomic E-state index is 11.4. The number of hydrogen-bond donors (Lipinski definition) is 1. The van der Waals surface area contributed by atoms with E-state index in [1.54, 1.807) is 39.8 Å². The fraction of sp³-hybridized carbons (Fsp3) is 0.154. The minimum Gasteiger partial charge on any atom is -0.497 e. The van der Waals surface area contributed by atoms with Gasteiger partial charge in [0.15, 0.2) is 11.5 Å². The first kappa shape index (κ1) is 22.0. The van der Waals surface area contributed by atoms with Crippen molar-refractivity contribution < 1.29 is 24.1 Å². The summed E-state index contributed by atoms with van der Waals surface area (Å²) in [6.45, 7) is 0.518. The van der Waals surface area contributed by atoms with Crippen molar-refractivity contribution in [1.29, 1.82) is 0 Å². The monoisotopic (exact) mass is 444 g/mol. The summed E-state index contributed by atoms with van der Waals surface area (Å²) in [6.07, 6.45) is 6.25. The Morgan fingerprint density at radius 1 is 0.970 bits per heavy atom. The van der Waals surface area contributed by atoms with Gasteiger partial charge in [0.2, 0.25) is 0 Å². The SMILES string of the molecule is COc1ccc(-c2c(/C=C/C(=O)O)n(Cc3ccncc3)c3cc(OC)c(OC)cc23)cc1. The molecule has 2 heterocycles. The number of carboxylic acids is 1. The van der Waals surface area contributed by atoms with Crippen LogP contribution in [0.3, 0.4) is 0 Å². The molecule has 0 fully saturated rings. The van der Waals surface area contributed by atoms with Gasteiger partial charge in [-0.15, -0.1) is 0 Å². The first-order chi connectivity index (χ1) is 16.0. The molecule has 4 aromatic rings. The number of carbonyl (C=O) groups is 1. The van der Waals surface area contributed by atoms with E-state index in [4.69, 9.17) is 14.2 Å². The number of aliphatic carboxylic acids is 1. The van der Waals surface area contributed by atoms with E-state index in [1.165, 1.54) is 0 Å². The van der Waals surface area contributed by atoms with E-state index in [-0.39, 0.29) is 0 Å². The fourth-order valence-corrected chi connectivity index (χ4v) is 3.92. The number of rotatable bonds is 8. The number of aromatic nitrogens is 2. The van der Waals surface area contributed by atoms with E-state index < -0.39 is 5.97 Å². The van der Waals surface area contributed by atoms with Gasteiger partial charge in [0.1, 0.15) is 5.75 Å². The molecule has 0 saturated heterocycles. The molecule has 7 heteroatoms. The molecule has 0 bridgehead atoms. The van der Waals surface area contributed by atoms with E-state index in [0.29, 0.717) is 18.0 Å². The second-order valence-corrected chi connectivity index (χ2v) is 7.33. The molecule has 0 saturated carbocycles. The van der Waals surface area contributed by atoms with Crippen LogP contribution in [0.4, 0.5) is 0 Å². The highest BCUT2D eigenvalue weighted by molar-refractivity contribution is 6.03. The molecule has 33 heavy (non-hydrogen) atoms. The Labute approximate surface area is 191 Å². The maximum atomic E-state index is 11.4. The van der Waals surface area contributed by atoms with Crippen LogP contribution < -0.4 is 14.2 Å². The molecule has 7 nitrogen and oxygen atoms in total. The summed E-state index contributed by atoms with van der Waals surface area (Å²) in [6, 6.07) is 15.4. The van der Waals surface area contributed by atoms with Crippen molar-refractivity contribution in [2.45, 2.75) is 6.54 Å². The van der Waals surface area contributed by atoms with E-state index in [1.807, 2.05) is 48.5 Å². The quantitative estimate of drug-likeness (QED) is 0.390. The Bertz CT molecular complexity index is 1310. The second kappa shape index (κ2) is 9.48. The molecule has 0 atom stereocenters. The summed E-state index contributed by atoms with van der Waals surface area (Å²) in [5.74, 6) is 0.899. The lowest BCUT2D eigenvalue weighted by Gasteiger charge is -2.11. The van der Waals surface area contributed by atoms with Gasteiger partial charge >= 0.3 is 5.97 Å². The van der Waals surface area contributed by atoms with E-state index in [9.17, 15) is 9.90 Å². The van der Waals surface area contributed by atoms with Crippen LogP contribution in [0.1, 0.15) is 11.3 Å². The summed E-state index contributed by atoms with van der Waals surface area (Å²) in [7, 11) is 4.80. The Morgan fingerprint density at radius 3 is 2.24 bits per heavy atom. The molecule has 0 aliphatic heterocycles. The smallest absolute Gasteiger partial charge is 0.328 e. The van der Waals surface area contributed by atoms with E-state index in [2.05, 4.69) is 9.55 Å². The van der Waals surface area contributed by atoms with Crippen molar-refractivity contribution in [3.63, 3.8) is 0 Å². The second-order valence-electron chi connectivity index (χ2n) is 7.33. The topological polar surface area (TPSA) is 82.8 Å². The van der Waals surface area contributed by atoms with Gasteiger partial charge in [-0.25, -0.2) is 4.79 Å². The normalized spacial score (nSPS) is 11.1. The van der Waals surface area contributed by atoms with Gasteiger partial charge in [-0.2, -0.15) is 0 Å². The van der Waals surface area contributed by atoms with Crippen molar-refractivity contribution in [2.24, 2.45) is 0 Å². The molecule has 0 spiro atoms. The molecular weight excluding hydrogens is 420 g/mol. The number of fused-ring (bicyclic) bond motifs is 1. The summed E-state index contributed by atoms with van der Waals surface area (Å²) in [5.41, 5.74) is 4.49. The molecule has 2 aromatic carbocycles. The van der Waals surface area contributed by atoms with Crippen molar-refractivity contribution in [1.82, 2.24) is 9.55 Å². The maximum Gasteiger partial charge on any atom is 0.328 e. The molecule has 0 aliphatic rings. The minimum absolute atomic E-state index is 0.518. The first-order valence-electron chi connectivity index (χ1n) is 10.3. The summed E-state index contributed by atoms with van der Waals surface area (Å²) in [5, 5.41) is 10.3. The lowest BCUT2D eigenvalue weighted by Crippen LogP contribution is -2.03. The molecule has 1 N–H and O–H groups in total. The van der Waals surface area contributed by atoms with Crippen LogP contribution >= 0.6 is 0 Å². The lowest BCUT2D eigenvalue weighted by molar-refractivity contribution is -0.131. The molecule has 0 aliphatic carbocycles. The summed E-state index contributed by atoms with van der Waals surface area (Å²) >= 11 is 0. The van der Waals surface area contributed by atoms with Gasteiger partial charge in [-0.1, -0.05) is 12.1 Å². The van der Waals surface area contributed by atoms with Crippen LogP contribution in [0.15, 0.2) is 67.0 Å². The Morgan fingerprint density at radius 2 is 1.64 bits per heavy atom. The highest BCUT2D eigenvalue weighted by Crippen LogP contribution is 2.42. The van der Waals surface area contributed by atoms with Gasteiger partial charge < -0.3 is 23.9 Å². The number of carboxylic acid groups (broad SMARTS) is 1. The van der Waals surface area contributed by atoms with Crippen LogP contribution in [0.5, 0.6) is 17.2 Å². The van der Waals surface area contributed by atoms with Crippen LogP contribution in [0.2, 0.25) is 0 Å². The van der Waals surface area contributed by atoms with Gasteiger partial charge in [-0.3, -0.25) is 4.98 Å². The number of methoxy groups -OCH3 is 3. The van der Waals surface area contributed by atoms with Gasteiger partial charge in [0.05, 0.1) is 32.5 Å². The fourth-order valence-electron chi connectivity index (χ4n) is 3.92. The van der Waals surface area contributed by atoms with Gasteiger partial charge in [-0.05, 0) is 47.5 Å². The third kappa shape index (κ3) is 4.39. The molecule has 0 unspecified atom stereocenters. The summed E-state index contributed by atoms with van der Waals surface area (Å²) < 4.78 is 18.5. The predicted octanol–water partition coefficient (Wildman–Crippen LogP) is 4.88. The third-order valence-electron chi connectivity index (χ3n) is 5.46. The Kier molecular flexibility index (Phi) is 6.31. The Balaban J connectivity index is 2.06. The average Bonchev–Trinajstić information content (AvgIpc) is 3.14. The molecular formula is C26H24N2O5. The third-order valence-corrected chi connectivity index (χ3v) is 5.46. The zero-order valence-corrected chi connectivity index (χ0v) is 18.6. The zero-order chi connectivity index (χ0) is 23.4. The van der Waals surface area contributed by atoms with Crippen LogP contribution in [0.25, 0.3) is 28.1 Å². The van der Waals surface area contributed by atoms with Crippen molar-refractivity contribution >= 4 is 22.9 Å². The van der Waals surface area contributed by atoms with Crippen LogP contribution in [-0.4, -0.2) is 42.0 Å². The minimum atomic E-state index is -1.02. The molecule has 0 amide bonds. The Hall–Kier alpha value is -4.26. The van der Waals surface area contributed by atoms with E-state index in [0.717, 1.165) is 45.1 Å². The number of benzene rings is 2. The number of hydrogen-bond acceptors (Lipinski definition) is 5. The van der Waals surface area contributed by atoms with Crippen LogP contribution in [-0.2, 0) is 11.3 Å². The predicted molar refractivity (Wildman–Crippen MR) is 127 cm³/mol. The largest absolute Gasteiger partial charge is 0.497 e. The molecule has 4 rings (SSSR count). The van der Waals surface area contributed by atoms with E-state index >= 15 is 0 Å². The molecule has 0 radical (unpaired) electrons. The highest BCUT2D eigenvalue weighted by Gasteiger charge is 2.21. The van der Waals surface area contributed by atoms with Gasteiger partial charge in [0.25, 0.3) is 0 Å². The zero-order valence-electron chi connectivity index (χ0n) is 18.6. The number of ether oxygens (including phenoxy) is 3. The number of pyridine rings is 1. The molecule has 2 aromatic heterocycles. The standard InChI is InChI=1S/C26H24N2O5/c1-31-19-6-4-18(5-7-19)26-20-14-23(32-2)24(33-3)15-22(20)28(21(26)8-9-25(29)30)16-17-10-12-27-13-11-17/h4-15H,16H2,1-3H3,(H,29,30)/b9-8+. The number of nitrogens with zero attached hydrogens (tertiary/aromatic N) is 2. The van der Waals surface area contributed by atoms with Crippen molar-refractivity contribution in [3.05, 3.63) is 78.3 Å². The van der Waals surface area contributed by atoms with Crippen molar-refractivity contribution in [3.8, 4) is 28.4 Å². The van der Waals surface area contributed by atoms with Crippen molar-refractivity contribution in [2.75, 3.05) is 21.3 Å². The summed E-state index contributed by atoms with van der Waals surface area (Å²) in [4.78, 5) is 15.5.